The smallest absolute Gasteiger partial charge is 3.00 e. The first kappa shape index (κ1) is 110. The molecule has 46 heteroatoms. The number of hydrogen-bond acceptors (Lipinski definition) is 31. The molecule has 3 rings (SSSR count). The van der Waals surface area contributed by atoms with Crippen molar-refractivity contribution in [2.45, 2.75) is 58.7 Å². The first-order valence-corrected chi connectivity index (χ1v) is 41.4. The summed E-state index contributed by atoms with van der Waals surface area (Å²) in [4.78, 5) is 183. The monoisotopic (exact) mass is 1970 g/mol. The number of isothiocyanates is 1. The molecule has 0 aliphatic carbocycles. The third-order valence-corrected chi connectivity index (χ3v) is 15.2. The van der Waals surface area contributed by atoms with Gasteiger partial charge in [-0.15, -0.1) is 0 Å². The third-order valence-electron chi connectivity index (χ3n) is 15.1. The van der Waals surface area contributed by atoms with Crippen LogP contribution < -0.4 is 25.5 Å². The number of carboxylic acids is 15. The van der Waals surface area contributed by atoms with Crippen LogP contribution in [0.5, 0.6) is 0 Å². The number of nitrogens with zero attached hydrogens (tertiary/aromatic N) is 10. The standard InChI is InChI=1S/C22H28N4O10S.2C22H31N3O10.CH4.3ClH.2Gd/c27-18(28)9-24(5-6-25(10-19(29)30)11-20(31)32)8-17(26(12-21(33)34)13-22(35)36)7-15-1-3-16(4-2-15)23-14-37;2*1-15-2-4-16(5-3-15)8-17(25(13-21(32)33)14-22(34)35)9-23(10-18(26)27)6-7-24(11-19(28)29)12-20(30)31;;;;;;/h1-4,17H,5-13H2,(H,27,28)(H,29,30)(H,31,32)(H,33,34)(H,35,36);2*2-5,17H,6-14H2,1H3,(H,26,27)(H,28,29)(H,30,31)(H,32,33)(H,34,35);1H4;3*1H;;/q;;;;;;;2*+3/p-8. The summed E-state index contributed by atoms with van der Waals surface area (Å²) in [6.07, 6.45) is 0.503. The van der Waals surface area contributed by atoms with E-state index < -0.39 is 235 Å². The molecule has 113 heavy (non-hydrogen) atoms. The Hall–Kier alpha value is -7.33. The topological polar surface area (TPSA) is 615 Å². The zero-order valence-corrected chi connectivity index (χ0v) is 67.7. The minimum absolute atomic E-state index is 0. The van der Waals surface area contributed by atoms with Gasteiger partial charge in [0.05, 0.1) is 106 Å². The largest absolute Gasteiger partial charge is 3.00 e. The molecule has 0 bridgehead atoms. The number of thiocarbonyl (C=S) groups is 1. The van der Waals surface area contributed by atoms with Gasteiger partial charge in [0.1, 0.15) is 0 Å². The number of rotatable bonds is 55. The number of benzene rings is 3. The molecule has 3 atom stereocenters. The van der Waals surface area contributed by atoms with Gasteiger partial charge in [0, 0.05) is 110 Å². The number of halogens is 3. The van der Waals surface area contributed by atoms with Gasteiger partial charge in [-0.2, -0.15) is 4.99 Å². The summed E-state index contributed by atoms with van der Waals surface area (Å²) >= 11 is 2.58. The summed E-state index contributed by atoms with van der Waals surface area (Å²) in [5.74, 6) is -5.29. The van der Waals surface area contributed by atoms with Crippen molar-refractivity contribution in [3.05, 3.63) is 101 Å². The molecule has 0 aliphatic heterocycles. The number of carboxylic acid groups (broad SMARTS) is 15. The Bertz CT molecular complexity index is 3360. The molecule has 0 spiro atoms. The molecule has 0 fully saturated rings. The van der Waals surface area contributed by atoms with Crippen LogP contribution in [0.4, 0.5) is 5.69 Å². The van der Waals surface area contributed by atoms with Gasteiger partial charge in [0.2, 0.25) is 0 Å². The molecule has 0 aliphatic rings. The van der Waals surface area contributed by atoms with E-state index in [1.54, 1.807) is 48.5 Å². The van der Waals surface area contributed by atoms with Crippen molar-refractivity contribution in [3.8, 4) is 0 Å². The van der Waals surface area contributed by atoms with Gasteiger partial charge >= 0.3 is 147 Å². The number of aliphatic imine (C=N–C) groups is 1. The Morgan fingerprint density at radius 2 is 0.531 bits per heavy atom. The van der Waals surface area contributed by atoms with E-state index in [-0.39, 0.29) is 126 Å². The normalized spacial score (nSPS) is 11.8. The molecule has 0 aromatic heterocycles. The van der Waals surface area contributed by atoms with Crippen molar-refractivity contribution in [2.24, 2.45) is 4.99 Å². The van der Waals surface area contributed by atoms with Crippen LogP contribution in [-0.4, -0.2) is 365 Å². The number of aliphatic carboxylic acids is 15. The van der Waals surface area contributed by atoms with E-state index in [2.05, 4.69) is 22.4 Å². The zero-order valence-electron chi connectivity index (χ0n) is 60.1. The second kappa shape index (κ2) is 61.1. The maximum atomic E-state index is 11.5. The summed E-state index contributed by atoms with van der Waals surface area (Å²) in [5, 5.41) is 150. The summed E-state index contributed by atoms with van der Waals surface area (Å²) in [7, 11) is 0. The van der Waals surface area contributed by atoms with E-state index in [0.29, 0.717) is 16.8 Å². The molecule has 0 amide bonds. The predicted molar refractivity (Wildman–Crippen MR) is 385 cm³/mol. The molecule has 0 heterocycles. The van der Waals surface area contributed by atoms with Crippen LogP contribution in [0.2, 0.25) is 0 Å². The fraction of sp³-hybridized carbons (Fsp3) is 0.493. The molecule has 40 nitrogen and oxygen atoms in total. The molecule has 632 valence electrons. The summed E-state index contributed by atoms with van der Waals surface area (Å²) in [6, 6.07) is 18.7. The Morgan fingerprint density at radius 1 is 0.345 bits per heavy atom. The van der Waals surface area contributed by atoms with Crippen molar-refractivity contribution < 1.29 is 218 Å². The SMILES string of the molecule is C.Cc1ccc(CC(CN(CCN(CC(=O)O)CC(=O)O)CC(=O)O)N(CC(=O)O)CC(=O)O)cc1.Cc1ccc(CC(CN(CCN(CC(=O)[O-])CC(=O)[O-])CC(=O)[O-])N(CC(=O)[O-])CC(=O)[O-])cc1.O=C(O)CN(CCN(CC(=O)O)CC(Cc1ccc(N=C=S)cc1)N(CC(=O)O)CC(=O)O)CC(=O)O.[Cl][Gd]([Cl])[Cl].[Gd+3]. The van der Waals surface area contributed by atoms with Gasteiger partial charge < -0.3 is 101 Å². The van der Waals surface area contributed by atoms with Crippen LogP contribution in [0.25, 0.3) is 0 Å². The minimum atomic E-state index is -1.98. The summed E-state index contributed by atoms with van der Waals surface area (Å²) in [5.41, 5.74) is 4.64. The Labute approximate surface area is 707 Å². The van der Waals surface area contributed by atoms with Gasteiger partial charge in [-0.25, -0.2) is 0 Å². The fourth-order valence-electron chi connectivity index (χ4n) is 10.7. The van der Waals surface area contributed by atoms with Crippen LogP contribution in [-0.2, 0) is 91.2 Å². The average Bonchev–Trinajstić information content (AvgIpc) is 0.868. The van der Waals surface area contributed by atoms with E-state index >= 15 is 0 Å². The molecule has 0 saturated carbocycles. The van der Waals surface area contributed by atoms with E-state index in [1.807, 2.05) is 38.1 Å². The number of carbonyl (C=O) groups excluding carboxylic acids is 5. The summed E-state index contributed by atoms with van der Waals surface area (Å²) in [6.45, 7) is -6.73. The minimum Gasteiger partial charge on any atom is 3.00 e. The average molecular weight is 1970 g/mol. The number of carbonyl (C=O) groups is 15. The Balaban J connectivity index is -0.00000155. The molecule has 3 aromatic carbocycles. The van der Waals surface area contributed by atoms with Crippen molar-refractivity contribution in [2.75, 3.05) is 157 Å². The fourth-order valence-corrected chi connectivity index (χ4v) is 10.8. The van der Waals surface area contributed by atoms with Crippen molar-refractivity contribution in [1.29, 1.82) is 0 Å². The Kier molecular flexibility index (Phi) is 59.4. The van der Waals surface area contributed by atoms with E-state index in [0.717, 1.165) is 36.3 Å². The van der Waals surface area contributed by atoms with Crippen molar-refractivity contribution >= 4 is 131 Å². The molecular weight excluding hydrogens is 1880 g/mol. The number of aryl methyl sites for hydroxylation is 2. The zero-order chi connectivity index (χ0) is 84.6. The third kappa shape index (κ3) is 59.1. The molecule has 0 saturated heterocycles. The van der Waals surface area contributed by atoms with Gasteiger partial charge in [-0.1, -0.05) is 79.2 Å². The van der Waals surface area contributed by atoms with Crippen LogP contribution in [0, 0.1) is 83.0 Å². The van der Waals surface area contributed by atoms with E-state index in [4.69, 9.17) is 38.3 Å². The van der Waals surface area contributed by atoms with Crippen LogP contribution in [0.15, 0.2) is 77.8 Å². The molecule has 3 unspecified atom stereocenters. The molecule has 3 aromatic rings. The van der Waals surface area contributed by atoms with Crippen molar-refractivity contribution in [1.82, 2.24) is 44.1 Å². The molecule has 10 N–H and O–H groups in total. The predicted octanol–water partition coefficient (Wildman–Crippen LogP) is -5.84. The Morgan fingerprint density at radius 3 is 0.752 bits per heavy atom. The first-order valence-electron chi connectivity index (χ1n) is 32.5. The molecular formula is C67H89Cl3Gd2N10O30S-2. The maximum Gasteiger partial charge on any atom is 3.00 e. The maximum absolute atomic E-state index is 11.5. The molecule has 1 radical (unpaired) electrons. The first-order chi connectivity index (χ1) is 51.8. The van der Waals surface area contributed by atoms with Gasteiger partial charge in [-0.05, 0) is 74.2 Å². The summed E-state index contributed by atoms with van der Waals surface area (Å²) < 4.78 is 0. The van der Waals surface area contributed by atoms with Crippen LogP contribution in [0.3, 0.4) is 0 Å². The van der Waals surface area contributed by atoms with Gasteiger partial charge in [-0.3, -0.25) is 92.0 Å². The van der Waals surface area contributed by atoms with E-state index in [9.17, 15) is 128 Å². The van der Waals surface area contributed by atoms with Gasteiger partial charge in [0.15, 0.2) is 0 Å². The number of hydrogen-bond donors (Lipinski definition) is 10. The van der Waals surface area contributed by atoms with Crippen LogP contribution >= 0.6 is 30.1 Å². The second-order valence-electron chi connectivity index (χ2n) is 24.4. The van der Waals surface area contributed by atoms with E-state index in [1.165, 1.54) is 24.5 Å². The van der Waals surface area contributed by atoms with Gasteiger partial charge in [0.25, 0.3) is 0 Å². The quantitative estimate of drug-likeness (QED) is 0.0186. The van der Waals surface area contributed by atoms with Crippen molar-refractivity contribution in [3.63, 3.8) is 0 Å². The second-order valence-corrected chi connectivity index (χ2v) is 34.6. The van der Waals surface area contributed by atoms with Crippen LogP contribution in [0.1, 0.15) is 35.2 Å².